The second-order valence-corrected chi connectivity index (χ2v) is 5.29. The summed E-state index contributed by atoms with van der Waals surface area (Å²) in [6.45, 7) is 0.520. The molecule has 6 heteroatoms. The number of anilines is 1. The molecule has 1 aliphatic rings. The molecule has 0 radical (unpaired) electrons. The van der Waals surface area contributed by atoms with Gasteiger partial charge in [-0.15, -0.1) is 0 Å². The maximum absolute atomic E-state index is 11.8. The summed E-state index contributed by atoms with van der Waals surface area (Å²) in [6.07, 6.45) is 0.370. The van der Waals surface area contributed by atoms with Crippen LogP contribution >= 0.6 is 22.6 Å². The number of hydrogen-bond acceptors (Lipinski definition) is 4. The molecule has 1 aromatic carbocycles. The summed E-state index contributed by atoms with van der Waals surface area (Å²) in [5.74, 6) is -0.366. The highest BCUT2D eigenvalue weighted by molar-refractivity contribution is 14.1. The summed E-state index contributed by atoms with van der Waals surface area (Å²) in [5.41, 5.74) is 7.03. The summed E-state index contributed by atoms with van der Waals surface area (Å²) in [4.78, 5) is 24.8. The Hall–Kier alpha value is -1.15. The molecule has 0 bridgehead atoms. The van der Waals surface area contributed by atoms with Crippen LogP contribution in [-0.4, -0.2) is 31.6 Å². The molecule has 1 atom stereocenters. The molecule has 0 saturated carbocycles. The molecular formula is C12H13IN2O3. The van der Waals surface area contributed by atoms with Crippen molar-refractivity contribution in [3.63, 3.8) is 0 Å². The second-order valence-electron chi connectivity index (χ2n) is 4.13. The molecule has 96 valence electrons. The first-order chi connectivity index (χ1) is 8.52. The molecular weight excluding hydrogens is 347 g/mol. The lowest BCUT2D eigenvalue weighted by atomic mass is 10.2. The lowest BCUT2D eigenvalue weighted by molar-refractivity contribution is -0.117. The van der Waals surface area contributed by atoms with Crippen molar-refractivity contribution in [2.24, 2.45) is 5.73 Å². The summed E-state index contributed by atoms with van der Waals surface area (Å²) in [6, 6.07) is 5.00. The Bertz CT molecular complexity index is 504. The highest BCUT2D eigenvalue weighted by Gasteiger charge is 2.29. The predicted octanol–water partition coefficient (Wildman–Crippen LogP) is 1.14. The van der Waals surface area contributed by atoms with Crippen molar-refractivity contribution in [1.82, 2.24) is 0 Å². The van der Waals surface area contributed by atoms with Gasteiger partial charge >= 0.3 is 5.97 Å². The third kappa shape index (κ3) is 2.49. The van der Waals surface area contributed by atoms with E-state index in [0.717, 1.165) is 9.26 Å². The molecule has 18 heavy (non-hydrogen) atoms. The number of amides is 1. The number of benzene rings is 1. The Morgan fingerprint density at radius 3 is 2.78 bits per heavy atom. The lowest BCUT2D eigenvalue weighted by Gasteiger charge is -2.18. The second kappa shape index (κ2) is 5.23. The first-order valence-corrected chi connectivity index (χ1v) is 6.54. The number of hydrogen-bond donors (Lipinski definition) is 1. The fourth-order valence-electron chi connectivity index (χ4n) is 1.94. The van der Waals surface area contributed by atoms with Gasteiger partial charge in [-0.3, -0.25) is 4.79 Å². The molecule has 1 heterocycles. The van der Waals surface area contributed by atoms with Gasteiger partial charge < -0.3 is 15.4 Å². The number of carbonyl (C=O) groups excluding carboxylic acids is 2. The SMILES string of the molecule is COC(=O)c1ccc(N2CC(N)CC2=O)c(I)c1. The van der Waals surface area contributed by atoms with E-state index in [1.165, 1.54) is 7.11 Å². The van der Waals surface area contributed by atoms with Gasteiger partial charge in [0.05, 0.1) is 18.4 Å². The first-order valence-electron chi connectivity index (χ1n) is 5.46. The van der Waals surface area contributed by atoms with Gasteiger partial charge in [-0.2, -0.15) is 0 Å². The maximum Gasteiger partial charge on any atom is 0.337 e. The van der Waals surface area contributed by atoms with E-state index in [1.807, 2.05) is 0 Å². The molecule has 5 nitrogen and oxygen atoms in total. The topological polar surface area (TPSA) is 72.6 Å². The van der Waals surface area contributed by atoms with Gasteiger partial charge in [0.1, 0.15) is 0 Å². The van der Waals surface area contributed by atoms with Crippen LogP contribution < -0.4 is 10.6 Å². The van der Waals surface area contributed by atoms with Gasteiger partial charge in [0.25, 0.3) is 0 Å². The van der Waals surface area contributed by atoms with Gasteiger partial charge in [0, 0.05) is 22.6 Å². The molecule has 1 aliphatic heterocycles. The van der Waals surface area contributed by atoms with Crippen LogP contribution in [0.3, 0.4) is 0 Å². The monoisotopic (exact) mass is 360 g/mol. The van der Waals surface area contributed by atoms with Crippen LogP contribution in [0.2, 0.25) is 0 Å². The van der Waals surface area contributed by atoms with Crippen molar-refractivity contribution < 1.29 is 14.3 Å². The summed E-state index contributed by atoms with van der Waals surface area (Å²) < 4.78 is 5.48. The minimum Gasteiger partial charge on any atom is -0.465 e. The van der Waals surface area contributed by atoms with E-state index in [0.29, 0.717) is 18.5 Å². The number of ether oxygens (including phenoxy) is 1. The average molecular weight is 360 g/mol. The van der Waals surface area contributed by atoms with Crippen LogP contribution in [0.1, 0.15) is 16.8 Å². The van der Waals surface area contributed by atoms with Gasteiger partial charge in [0.15, 0.2) is 0 Å². The predicted molar refractivity (Wildman–Crippen MR) is 75.4 cm³/mol. The molecule has 1 unspecified atom stereocenters. The number of halogens is 1. The van der Waals surface area contributed by atoms with Crippen LogP contribution in [0.15, 0.2) is 18.2 Å². The van der Waals surface area contributed by atoms with Crippen LogP contribution in [0.5, 0.6) is 0 Å². The smallest absolute Gasteiger partial charge is 0.337 e. The standard InChI is InChI=1S/C12H13IN2O3/c1-18-12(17)7-2-3-10(9(13)4-7)15-6-8(14)5-11(15)16/h2-4,8H,5-6,14H2,1H3. The molecule has 1 amide bonds. The average Bonchev–Trinajstić information content (AvgIpc) is 2.67. The third-order valence-corrected chi connectivity index (χ3v) is 3.68. The Morgan fingerprint density at radius 2 is 2.28 bits per heavy atom. The van der Waals surface area contributed by atoms with E-state index in [9.17, 15) is 9.59 Å². The number of nitrogens with zero attached hydrogens (tertiary/aromatic N) is 1. The highest BCUT2D eigenvalue weighted by Crippen LogP contribution is 2.27. The van der Waals surface area contributed by atoms with Crippen molar-refractivity contribution in [2.75, 3.05) is 18.6 Å². The zero-order valence-corrected chi connectivity index (χ0v) is 12.0. The zero-order valence-electron chi connectivity index (χ0n) is 9.85. The third-order valence-electron chi connectivity index (χ3n) is 2.81. The number of esters is 1. The normalized spacial score (nSPS) is 19.2. The van der Waals surface area contributed by atoms with Gasteiger partial charge in [-0.25, -0.2) is 4.79 Å². The largest absolute Gasteiger partial charge is 0.465 e. The van der Waals surface area contributed by atoms with E-state index < -0.39 is 0 Å². The molecule has 0 aromatic heterocycles. The van der Waals surface area contributed by atoms with Crippen LogP contribution in [0, 0.1) is 3.57 Å². The Labute approximate surface area is 118 Å². The number of methoxy groups -OCH3 is 1. The number of rotatable bonds is 2. The number of carbonyl (C=O) groups is 2. The summed E-state index contributed by atoms with van der Waals surface area (Å²) >= 11 is 2.10. The maximum atomic E-state index is 11.8. The van der Waals surface area contributed by atoms with Crippen LogP contribution in [-0.2, 0) is 9.53 Å². The van der Waals surface area contributed by atoms with E-state index >= 15 is 0 Å². The van der Waals surface area contributed by atoms with Crippen molar-refractivity contribution in [1.29, 1.82) is 0 Å². The minimum absolute atomic E-state index is 0.0197. The van der Waals surface area contributed by atoms with Crippen molar-refractivity contribution in [3.8, 4) is 0 Å². The molecule has 1 saturated heterocycles. The molecule has 1 fully saturated rings. The summed E-state index contributed by atoms with van der Waals surface area (Å²) in [5, 5.41) is 0. The van der Waals surface area contributed by atoms with Crippen LogP contribution in [0.4, 0.5) is 5.69 Å². The van der Waals surface area contributed by atoms with Gasteiger partial charge in [-0.1, -0.05) is 0 Å². The lowest BCUT2D eigenvalue weighted by Crippen LogP contribution is -2.28. The van der Waals surface area contributed by atoms with E-state index in [2.05, 4.69) is 27.3 Å². The molecule has 0 aliphatic carbocycles. The van der Waals surface area contributed by atoms with Crippen LogP contribution in [0.25, 0.3) is 0 Å². The van der Waals surface area contributed by atoms with E-state index in [4.69, 9.17) is 5.73 Å². The highest BCUT2D eigenvalue weighted by atomic mass is 127. The Morgan fingerprint density at radius 1 is 1.56 bits per heavy atom. The fourth-order valence-corrected chi connectivity index (χ4v) is 2.75. The molecule has 1 aromatic rings. The molecule has 2 N–H and O–H groups in total. The fraction of sp³-hybridized carbons (Fsp3) is 0.333. The van der Waals surface area contributed by atoms with E-state index in [-0.39, 0.29) is 17.9 Å². The van der Waals surface area contributed by atoms with E-state index in [1.54, 1.807) is 23.1 Å². The van der Waals surface area contributed by atoms with Crippen molar-refractivity contribution in [2.45, 2.75) is 12.5 Å². The summed E-state index contributed by atoms with van der Waals surface area (Å²) in [7, 11) is 1.34. The van der Waals surface area contributed by atoms with Gasteiger partial charge in [0.2, 0.25) is 5.91 Å². The van der Waals surface area contributed by atoms with Crippen molar-refractivity contribution in [3.05, 3.63) is 27.3 Å². The quantitative estimate of drug-likeness (QED) is 0.634. The Kier molecular flexibility index (Phi) is 3.86. The number of nitrogens with two attached hydrogens (primary N) is 1. The molecule has 0 spiro atoms. The Balaban J connectivity index is 2.30. The van der Waals surface area contributed by atoms with Crippen molar-refractivity contribution >= 4 is 40.2 Å². The zero-order chi connectivity index (χ0) is 13.3. The minimum atomic E-state index is -0.385. The first kappa shape index (κ1) is 13.3. The van der Waals surface area contributed by atoms with Gasteiger partial charge in [-0.05, 0) is 40.8 Å². The molecule has 2 rings (SSSR count).